The summed E-state index contributed by atoms with van der Waals surface area (Å²) < 4.78 is 3.52. The van der Waals surface area contributed by atoms with Crippen LogP contribution in [0.4, 0.5) is 0 Å². The molecule has 13 heavy (non-hydrogen) atoms. The van der Waals surface area contributed by atoms with Crippen LogP contribution in [0.5, 0.6) is 0 Å². The lowest BCUT2D eigenvalue weighted by molar-refractivity contribution is 0.788. The minimum atomic E-state index is 0. The molecule has 6 heteroatoms. The summed E-state index contributed by atoms with van der Waals surface area (Å²) in [5, 5.41) is 7.41. The third-order valence-corrected chi connectivity index (χ3v) is 1.91. The maximum Gasteiger partial charge on any atom is 0.223 e. The molecule has 0 atom stereocenters. The van der Waals surface area contributed by atoms with Crippen LogP contribution < -0.4 is 5.62 Å². The Labute approximate surface area is 81.0 Å². The Morgan fingerprint density at radius 1 is 1.31 bits per heavy atom. The summed E-state index contributed by atoms with van der Waals surface area (Å²) in [6.07, 6.45) is 3.37. The van der Waals surface area contributed by atoms with E-state index in [0.717, 1.165) is 11.2 Å². The molecule has 2 aromatic rings. The van der Waals surface area contributed by atoms with Crippen molar-refractivity contribution >= 4 is 23.6 Å². The van der Waals surface area contributed by atoms with Crippen LogP contribution in [0.2, 0.25) is 0 Å². The van der Waals surface area contributed by atoms with Crippen molar-refractivity contribution < 1.29 is 0 Å². The Morgan fingerprint density at radius 3 is 2.69 bits per heavy atom. The Kier molecular flexibility index (Phi) is 2.38. The predicted octanol–water partition coefficient (Wildman–Crippen LogP) is 0.208. The number of aryl methyl sites for hydroxylation is 2. The van der Waals surface area contributed by atoms with E-state index in [2.05, 4.69) is 9.97 Å². The number of fused-ring (bicyclic) bond motifs is 1. The van der Waals surface area contributed by atoms with Gasteiger partial charge in [0, 0.05) is 14.1 Å². The standard InChI is InChI=1S/C7H9N5.ClH/c1-11-4-10-6-5(11)3-9-7(8)12(6)2;/h3-4,8H,1-2H3;1H. The van der Waals surface area contributed by atoms with Crippen molar-refractivity contribution in [2.24, 2.45) is 14.1 Å². The van der Waals surface area contributed by atoms with Gasteiger partial charge in [0.2, 0.25) is 5.62 Å². The molecule has 0 spiro atoms. The molecular weight excluding hydrogens is 190 g/mol. The summed E-state index contributed by atoms with van der Waals surface area (Å²) in [4.78, 5) is 8.05. The zero-order valence-corrected chi connectivity index (χ0v) is 8.17. The van der Waals surface area contributed by atoms with Gasteiger partial charge in [0.05, 0.1) is 12.5 Å². The second-order valence-electron chi connectivity index (χ2n) is 2.71. The summed E-state index contributed by atoms with van der Waals surface area (Å²) in [5.41, 5.74) is 1.95. The van der Waals surface area contributed by atoms with Gasteiger partial charge in [0.25, 0.3) is 0 Å². The van der Waals surface area contributed by atoms with Crippen LogP contribution in [0.15, 0.2) is 12.5 Å². The van der Waals surface area contributed by atoms with Crippen molar-refractivity contribution in [3.05, 3.63) is 18.1 Å². The molecule has 2 heterocycles. The number of hydrogen-bond acceptors (Lipinski definition) is 3. The second kappa shape index (κ2) is 3.18. The van der Waals surface area contributed by atoms with Crippen molar-refractivity contribution in [2.75, 3.05) is 0 Å². The topological polar surface area (TPSA) is 59.5 Å². The first-order valence-corrected chi connectivity index (χ1v) is 3.58. The van der Waals surface area contributed by atoms with Crippen LogP contribution in [-0.2, 0) is 14.1 Å². The fraction of sp³-hybridized carbons (Fsp3) is 0.286. The Morgan fingerprint density at radius 2 is 2.00 bits per heavy atom. The molecule has 0 unspecified atom stereocenters. The van der Waals surface area contributed by atoms with E-state index in [1.54, 1.807) is 24.1 Å². The number of nitrogens with zero attached hydrogens (tertiary/aromatic N) is 4. The first kappa shape index (κ1) is 9.73. The Balaban J connectivity index is 0.000000845. The highest BCUT2D eigenvalue weighted by Crippen LogP contribution is 2.04. The summed E-state index contributed by atoms with van der Waals surface area (Å²) in [6, 6.07) is 0. The molecule has 0 saturated heterocycles. The van der Waals surface area contributed by atoms with Gasteiger partial charge in [-0.15, -0.1) is 12.4 Å². The van der Waals surface area contributed by atoms with Crippen LogP contribution >= 0.6 is 12.4 Å². The molecule has 0 aliphatic carbocycles. The minimum Gasteiger partial charge on any atom is -0.331 e. The molecule has 2 aromatic heterocycles. The quantitative estimate of drug-likeness (QED) is 0.660. The average molecular weight is 200 g/mol. The number of nitrogens with one attached hydrogen (secondary N) is 1. The lowest BCUT2D eigenvalue weighted by atomic mass is 10.5. The van der Waals surface area contributed by atoms with Gasteiger partial charge in [-0.3, -0.25) is 9.98 Å². The summed E-state index contributed by atoms with van der Waals surface area (Å²) >= 11 is 0. The van der Waals surface area contributed by atoms with E-state index in [9.17, 15) is 0 Å². The molecule has 0 aromatic carbocycles. The number of hydrogen-bond donors (Lipinski definition) is 1. The molecule has 2 rings (SSSR count). The van der Waals surface area contributed by atoms with E-state index in [1.807, 2.05) is 11.6 Å². The van der Waals surface area contributed by atoms with E-state index in [-0.39, 0.29) is 18.0 Å². The monoisotopic (exact) mass is 199 g/mol. The molecule has 0 radical (unpaired) electrons. The molecule has 70 valence electrons. The third-order valence-electron chi connectivity index (χ3n) is 1.91. The number of rotatable bonds is 0. The molecular formula is C7H10ClN5. The van der Waals surface area contributed by atoms with E-state index >= 15 is 0 Å². The average Bonchev–Trinajstić information content (AvgIpc) is 2.41. The van der Waals surface area contributed by atoms with Crippen molar-refractivity contribution in [1.82, 2.24) is 19.1 Å². The zero-order chi connectivity index (χ0) is 8.72. The van der Waals surface area contributed by atoms with Gasteiger partial charge >= 0.3 is 0 Å². The highest BCUT2D eigenvalue weighted by atomic mass is 35.5. The molecule has 1 N–H and O–H groups in total. The Bertz CT molecular complexity index is 483. The molecule has 0 aliphatic rings. The zero-order valence-electron chi connectivity index (χ0n) is 7.35. The van der Waals surface area contributed by atoms with Gasteiger partial charge < -0.3 is 4.57 Å². The number of imidazole rings is 1. The first-order valence-electron chi connectivity index (χ1n) is 3.58. The minimum absolute atomic E-state index is 0. The SMILES string of the molecule is Cl.Cn1cnc2c1cnc(=N)n2C. The van der Waals surface area contributed by atoms with Gasteiger partial charge in [0.1, 0.15) is 5.52 Å². The van der Waals surface area contributed by atoms with E-state index in [1.165, 1.54) is 0 Å². The fourth-order valence-electron chi connectivity index (χ4n) is 1.14. The maximum absolute atomic E-state index is 7.41. The number of aromatic nitrogens is 4. The van der Waals surface area contributed by atoms with Crippen molar-refractivity contribution in [3.63, 3.8) is 0 Å². The molecule has 0 bridgehead atoms. The highest BCUT2D eigenvalue weighted by Gasteiger charge is 2.01. The van der Waals surface area contributed by atoms with E-state index in [0.29, 0.717) is 0 Å². The molecule has 5 nitrogen and oxygen atoms in total. The summed E-state index contributed by atoms with van der Waals surface area (Å²) in [7, 11) is 3.69. The van der Waals surface area contributed by atoms with E-state index in [4.69, 9.17) is 5.41 Å². The molecule has 0 aliphatic heterocycles. The van der Waals surface area contributed by atoms with Crippen molar-refractivity contribution in [3.8, 4) is 0 Å². The smallest absolute Gasteiger partial charge is 0.223 e. The molecule has 0 saturated carbocycles. The lowest BCUT2D eigenvalue weighted by Gasteiger charge is -1.98. The van der Waals surface area contributed by atoms with Gasteiger partial charge in [-0.2, -0.15) is 0 Å². The van der Waals surface area contributed by atoms with Gasteiger partial charge in [-0.25, -0.2) is 9.97 Å². The van der Waals surface area contributed by atoms with Crippen LogP contribution in [0, 0.1) is 5.41 Å². The second-order valence-corrected chi connectivity index (χ2v) is 2.71. The maximum atomic E-state index is 7.41. The Hall–Kier alpha value is -1.36. The number of halogens is 1. The van der Waals surface area contributed by atoms with Crippen LogP contribution in [0.25, 0.3) is 11.2 Å². The summed E-state index contributed by atoms with van der Waals surface area (Å²) in [5.74, 6) is 0. The van der Waals surface area contributed by atoms with Crippen LogP contribution in [0.3, 0.4) is 0 Å². The normalized spacial score (nSPS) is 10.0. The van der Waals surface area contributed by atoms with Crippen molar-refractivity contribution in [2.45, 2.75) is 0 Å². The van der Waals surface area contributed by atoms with Crippen LogP contribution in [0.1, 0.15) is 0 Å². The van der Waals surface area contributed by atoms with Gasteiger partial charge in [-0.05, 0) is 0 Å². The highest BCUT2D eigenvalue weighted by molar-refractivity contribution is 5.85. The lowest BCUT2D eigenvalue weighted by Crippen LogP contribution is -2.19. The van der Waals surface area contributed by atoms with Gasteiger partial charge in [-0.1, -0.05) is 0 Å². The molecule has 0 fully saturated rings. The van der Waals surface area contributed by atoms with E-state index < -0.39 is 0 Å². The van der Waals surface area contributed by atoms with Crippen LogP contribution in [-0.4, -0.2) is 19.1 Å². The molecule has 0 amide bonds. The fourth-order valence-corrected chi connectivity index (χ4v) is 1.14. The third kappa shape index (κ3) is 1.31. The predicted molar refractivity (Wildman–Crippen MR) is 50.6 cm³/mol. The van der Waals surface area contributed by atoms with Gasteiger partial charge in [0.15, 0.2) is 5.65 Å². The largest absolute Gasteiger partial charge is 0.331 e. The van der Waals surface area contributed by atoms with Crippen molar-refractivity contribution in [1.29, 1.82) is 5.41 Å². The summed E-state index contributed by atoms with van der Waals surface area (Å²) in [6.45, 7) is 0. The first-order chi connectivity index (χ1) is 5.70.